The van der Waals surface area contributed by atoms with Crippen LogP contribution in [0.2, 0.25) is 0 Å². The molecule has 0 saturated heterocycles. The Labute approximate surface area is 186 Å². The zero-order valence-electron chi connectivity index (χ0n) is 17.2. The predicted octanol–water partition coefficient (Wildman–Crippen LogP) is 7.73. The predicted molar refractivity (Wildman–Crippen MR) is 119 cm³/mol. The first-order valence-corrected chi connectivity index (χ1v) is 12.5. The molecule has 2 aromatic carbocycles. The average Bonchev–Trinajstić information content (AvgIpc) is 3.50. The summed E-state index contributed by atoms with van der Waals surface area (Å²) in [5, 5.41) is 2.66. The molecule has 0 unspecified atom stereocenters. The van der Waals surface area contributed by atoms with Crippen LogP contribution >= 0.6 is 0 Å². The van der Waals surface area contributed by atoms with Gasteiger partial charge in [-0.15, -0.1) is 36.1 Å². The van der Waals surface area contributed by atoms with Gasteiger partial charge in [0.05, 0.1) is 0 Å². The first-order valence-electron chi connectivity index (χ1n) is 11.2. The summed E-state index contributed by atoms with van der Waals surface area (Å²) in [5.74, 6) is 2.09. The summed E-state index contributed by atoms with van der Waals surface area (Å²) >= 11 is 1.77. The van der Waals surface area contributed by atoms with E-state index in [0.29, 0.717) is 0 Å². The third-order valence-electron chi connectivity index (χ3n) is 6.22. The van der Waals surface area contributed by atoms with Crippen LogP contribution in [0.25, 0.3) is 10.8 Å². The van der Waals surface area contributed by atoms with Crippen LogP contribution in [0.4, 0.5) is 0 Å². The van der Waals surface area contributed by atoms with Crippen LogP contribution in [-0.4, -0.2) is 3.21 Å². The van der Waals surface area contributed by atoms with Crippen LogP contribution < -0.4 is 0 Å². The van der Waals surface area contributed by atoms with Gasteiger partial charge in [-0.1, -0.05) is 6.07 Å². The number of hydrogen-bond donors (Lipinski definition) is 0. The zero-order chi connectivity index (χ0) is 19.4. The molecule has 2 fully saturated rings. The fraction of sp³-hybridized carbons (Fsp3) is 0.481. The van der Waals surface area contributed by atoms with E-state index in [1.54, 1.807) is 24.2 Å². The Morgan fingerprint density at radius 1 is 0.857 bits per heavy atom. The molecule has 0 amide bonds. The average molecular weight is 450 g/mol. The molecule has 0 bridgehead atoms. The molecule has 5 rings (SSSR count). The van der Waals surface area contributed by atoms with Gasteiger partial charge in [0.25, 0.3) is 0 Å². The molecule has 0 nitrogen and oxygen atoms in total. The van der Waals surface area contributed by atoms with Crippen molar-refractivity contribution in [2.24, 2.45) is 11.8 Å². The molecule has 0 spiro atoms. The maximum Gasteiger partial charge on any atom is -0.0809 e. The molecular formula is C27H34Zr. The van der Waals surface area contributed by atoms with Crippen molar-refractivity contribution in [3.05, 3.63) is 66.8 Å². The maximum atomic E-state index is 2.99. The van der Waals surface area contributed by atoms with E-state index in [1.165, 1.54) is 75.0 Å². The van der Waals surface area contributed by atoms with E-state index < -0.39 is 0 Å². The van der Waals surface area contributed by atoms with Crippen molar-refractivity contribution in [1.82, 2.24) is 0 Å². The third-order valence-corrected chi connectivity index (χ3v) is 8.23. The monoisotopic (exact) mass is 448 g/mol. The Bertz CT molecular complexity index is 691. The van der Waals surface area contributed by atoms with Gasteiger partial charge in [-0.05, 0) is 0 Å². The smallest absolute Gasteiger partial charge is 0.0809 e. The van der Waals surface area contributed by atoms with Crippen LogP contribution in [0, 0.1) is 17.9 Å². The Hall–Kier alpha value is -0.937. The normalized spacial score (nSPS) is 19.6. The van der Waals surface area contributed by atoms with Crippen molar-refractivity contribution in [1.29, 1.82) is 0 Å². The van der Waals surface area contributed by atoms with Gasteiger partial charge in [-0.25, -0.2) is 12.2 Å². The van der Waals surface area contributed by atoms with E-state index in [9.17, 15) is 0 Å². The molecule has 0 aliphatic heterocycles. The molecule has 2 aromatic rings. The van der Waals surface area contributed by atoms with Crippen LogP contribution in [0.3, 0.4) is 0 Å². The van der Waals surface area contributed by atoms with Crippen LogP contribution in [-0.2, 0) is 24.2 Å². The van der Waals surface area contributed by atoms with Gasteiger partial charge in [-0.3, -0.25) is 6.08 Å². The standard InChI is InChI=1S/C13H22.C9H7.C5H5.Zr/c1-3-7-12(8-4-1)11-13-9-5-2-6-10-13;1-2-5-9-7-3-6-8(9)4-1;1-2-4-5-3-1;/h12-13H,1-10H2;1-7H;1-3H,4H2;/q;2*-1;+2. The Kier molecular flexibility index (Phi) is 9.78. The van der Waals surface area contributed by atoms with Crippen molar-refractivity contribution in [2.75, 3.05) is 0 Å². The number of allylic oxidation sites excluding steroid dienone is 4. The number of rotatable bonds is 2. The first-order chi connectivity index (χ1) is 13.8. The van der Waals surface area contributed by atoms with E-state index in [2.05, 4.69) is 54.6 Å². The summed E-state index contributed by atoms with van der Waals surface area (Å²) in [6, 6.07) is 14.7. The first kappa shape index (κ1) is 21.8. The summed E-state index contributed by atoms with van der Waals surface area (Å²) in [6.07, 6.45) is 25.1. The molecule has 3 aliphatic rings. The van der Waals surface area contributed by atoms with Crippen LogP contribution in [0.15, 0.2) is 60.7 Å². The van der Waals surface area contributed by atoms with Gasteiger partial charge in [0.1, 0.15) is 0 Å². The summed E-state index contributed by atoms with van der Waals surface area (Å²) < 4.78 is 1.97. The largest absolute Gasteiger partial charge is 0.168 e. The quantitative estimate of drug-likeness (QED) is 0.411. The molecule has 0 aromatic heterocycles. The Morgan fingerprint density at radius 2 is 1.50 bits per heavy atom. The summed E-state index contributed by atoms with van der Waals surface area (Å²) in [5.41, 5.74) is 0. The van der Waals surface area contributed by atoms with Crippen LogP contribution in [0.5, 0.6) is 0 Å². The SMILES string of the molecule is [C-]1=CC=CC1.[Zr+2]=[C](C1CCCCC1)C1CCCCC1.c1ccc2[cH-]ccc2c1. The fourth-order valence-corrected chi connectivity index (χ4v) is 5.99. The number of hydrogen-bond acceptors (Lipinski definition) is 0. The minimum Gasteiger partial charge on any atom is -0.168 e. The second-order valence-electron chi connectivity index (χ2n) is 8.28. The van der Waals surface area contributed by atoms with E-state index in [4.69, 9.17) is 0 Å². The molecule has 0 atom stereocenters. The summed E-state index contributed by atoms with van der Waals surface area (Å²) in [7, 11) is 0. The van der Waals surface area contributed by atoms with Crippen molar-refractivity contribution >= 4 is 14.0 Å². The minimum atomic E-state index is 1.01. The molecular weight excluding hydrogens is 416 g/mol. The Balaban J connectivity index is 0.000000136. The van der Waals surface area contributed by atoms with Gasteiger partial charge in [0, 0.05) is 0 Å². The van der Waals surface area contributed by atoms with Crippen molar-refractivity contribution < 1.29 is 24.2 Å². The number of benzene rings is 1. The molecule has 146 valence electrons. The fourth-order valence-electron chi connectivity index (χ4n) is 4.57. The van der Waals surface area contributed by atoms with E-state index in [-0.39, 0.29) is 0 Å². The molecule has 28 heavy (non-hydrogen) atoms. The van der Waals surface area contributed by atoms with E-state index in [0.717, 1.165) is 18.3 Å². The van der Waals surface area contributed by atoms with Gasteiger partial charge in [-0.2, -0.15) is 23.6 Å². The number of fused-ring (bicyclic) bond motifs is 1. The molecule has 1 heteroatoms. The maximum absolute atomic E-state index is 2.99. The van der Waals surface area contributed by atoms with Gasteiger partial charge in [0.2, 0.25) is 0 Å². The van der Waals surface area contributed by atoms with E-state index >= 15 is 0 Å². The minimum absolute atomic E-state index is 1.01. The van der Waals surface area contributed by atoms with Crippen LogP contribution in [0.1, 0.15) is 70.6 Å². The third kappa shape index (κ3) is 7.15. The second kappa shape index (κ2) is 12.6. The summed E-state index contributed by atoms with van der Waals surface area (Å²) in [6.45, 7) is 0. The van der Waals surface area contributed by atoms with Crippen molar-refractivity contribution in [3.8, 4) is 0 Å². The van der Waals surface area contributed by atoms with Crippen molar-refractivity contribution in [3.63, 3.8) is 0 Å². The molecule has 0 heterocycles. The Morgan fingerprint density at radius 3 is 2.00 bits per heavy atom. The summed E-state index contributed by atoms with van der Waals surface area (Å²) in [4.78, 5) is 0. The van der Waals surface area contributed by atoms with Gasteiger partial charge >= 0.3 is 103 Å². The van der Waals surface area contributed by atoms with Gasteiger partial charge in [0.15, 0.2) is 0 Å². The van der Waals surface area contributed by atoms with Crippen molar-refractivity contribution in [2.45, 2.75) is 70.6 Å². The topological polar surface area (TPSA) is 0 Å². The molecule has 2 saturated carbocycles. The molecule has 0 N–H and O–H groups in total. The van der Waals surface area contributed by atoms with Gasteiger partial charge < -0.3 is 0 Å². The molecule has 0 radical (unpaired) electrons. The second-order valence-corrected chi connectivity index (χ2v) is 9.70. The van der Waals surface area contributed by atoms with E-state index in [1.807, 2.05) is 15.4 Å². The molecule has 3 aliphatic carbocycles. The zero-order valence-corrected chi connectivity index (χ0v) is 19.7.